The van der Waals surface area contributed by atoms with Gasteiger partial charge in [0.2, 0.25) is 0 Å². The molecule has 6 heteroatoms. The average molecular weight is 299 g/mol. The zero-order valence-electron chi connectivity index (χ0n) is 11.4. The zero-order chi connectivity index (χ0) is 15.1. The Kier molecular flexibility index (Phi) is 6.31. The molecule has 0 bridgehead atoms. The van der Waals surface area contributed by atoms with E-state index in [1.54, 1.807) is 12.1 Å². The number of aliphatic carboxylic acids is 1. The summed E-state index contributed by atoms with van der Waals surface area (Å²) in [5.41, 5.74) is 6.47. The van der Waals surface area contributed by atoms with E-state index in [1.807, 2.05) is 6.92 Å². The highest BCUT2D eigenvalue weighted by atomic mass is 35.5. The van der Waals surface area contributed by atoms with Crippen molar-refractivity contribution in [3.63, 3.8) is 0 Å². The predicted octanol–water partition coefficient (Wildman–Crippen LogP) is 2.54. The van der Waals surface area contributed by atoms with Gasteiger partial charge < -0.3 is 16.2 Å². The lowest BCUT2D eigenvalue weighted by Crippen LogP contribution is -2.25. The van der Waals surface area contributed by atoms with Crippen LogP contribution in [0.15, 0.2) is 18.2 Å². The minimum atomic E-state index is -0.794. The van der Waals surface area contributed by atoms with Gasteiger partial charge in [-0.05, 0) is 37.0 Å². The van der Waals surface area contributed by atoms with E-state index in [1.165, 1.54) is 6.07 Å². The van der Waals surface area contributed by atoms with Gasteiger partial charge in [-0.25, -0.2) is 0 Å². The van der Waals surface area contributed by atoms with Gasteiger partial charge >= 0.3 is 5.97 Å². The molecule has 0 aliphatic carbocycles. The Balaban J connectivity index is 2.36. The summed E-state index contributed by atoms with van der Waals surface area (Å²) in [5, 5.41) is 11.8. The number of carboxylic acids is 1. The van der Waals surface area contributed by atoms with Gasteiger partial charge in [0.25, 0.3) is 5.91 Å². The maximum Gasteiger partial charge on any atom is 0.303 e. The summed E-state index contributed by atoms with van der Waals surface area (Å²) in [7, 11) is 0. The summed E-state index contributed by atoms with van der Waals surface area (Å²) in [6.07, 6.45) is 1.50. The van der Waals surface area contributed by atoms with Crippen LogP contribution in [0.1, 0.15) is 36.5 Å². The topological polar surface area (TPSA) is 92.4 Å². The number of nitrogens with two attached hydrogens (primary N) is 1. The molecule has 1 aromatic carbocycles. The number of halogens is 1. The molecule has 110 valence electrons. The fraction of sp³-hybridized carbons (Fsp3) is 0.429. The van der Waals surface area contributed by atoms with Gasteiger partial charge in [-0.1, -0.05) is 18.5 Å². The van der Waals surface area contributed by atoms with Crippen molar-refractivity contribution in [1.82, 2.24) is 5.32 Å². The van der Waals surface area contributed by atoms with Crippen LogP contribution in [0, 0.1) is 5.92 Å². The summed E-state index contributed by atoms with van der Waals surface area (Å²) in [5.74, 6) is -0.752. The third-order valence-corrected chi connectivity index (χ3v) is 3.38. The number of nitrogens with one attached hydrogen (secondary N) is 1. The normalized spacial score (nSPS) is 11.9. The minimum absolute atomic E-state index is 0.156. The second-order valence-electron chi connectivity index (χ2n) is 4.82. The van der Waals surface area contributed by atoms with Crippen LogP contribution in [-0.4, -0.2) is 23.5 Å². The lowest BCUT2D eigenvalue weighted by molar-refractivity contribution is -0.137. The Hall–Kier alpha value is -1.75. The molecule has 1 amide bonds. The molecule has 1 unspecified atom stereocenters. The summed E-state index contributed by atoms with van der Waals surface area (Å²) < 4.78 is 0. The second-order valence-corrected chi connectivity index (χ2v) is 5.23. The summed E-state index contributed by atoms with van der Waals surface area (Å²) >= 11 is 5.79. The van der Waals surface area contributed by atoms with Crippen molar-refractivity contribution in [2.45, 2.75) is 26.2 Å². The number of carbonyl (C=O) groups excluding carboxylic acids is 1. The van der Waals surface area contributed by atoms with E-state index in [0.29, 0.717) is 29.2 Å². The molecule has 1 aromatic rings. The lowest BCUT2D eigenvalue weighted by atomic mass is 10.0. The van der Waals surface area contributed by atoms with Crippen molar-refractivity contribution in [1.29, 1.82) is 0 Å². The minimum Gasteiger partial charge on any atom is -0.481 e. The number of rotatable bonds is 7. The van der Waals surface area contributed by atoms with E-state index in [0.717, 1.165) is 6.42 Å². The first-order valence-electron chi connectivity index (χ1n) is 6.45. The Labute approximate surface area is 123 Å². The van der Waals surface area contributed by atoms with Crippen LogP contribution >= 0.6 is 11.6 Å². The molecule has 5 nitrogen and oxygen atoms in total. The van der Waals surface area contributed by atoms with E-state index in [-0.39, 0.29) is 18.2 Å². The standard InChI is InChI=1S/C14H19ClN2O3/c1-9(2-5-13(18)19)6-7-17-14(20)10-3-4-11(15)12(16)8-10/h3-4,8-9H,2,5-7,16H2,1H3,(H,17,20)(H,18,19). The molecule has 0 aromatic heterocycles. The van der Waals surface area contributed by atoms with Crippen molar-refractivity contribution >= 4 is 29.2 Å². The zero-order valence-corrected chi connectivity index (χ0v) is 12.1. The van der Waals surface area contributed by atoms with E-state index in [9.17, 15) is 9.59 Å². The van der Waals surface area contributed by atoms with Gasteiger partial charge in [-0.3, -0.25) is 9.59 Å². The quantitative estimate of drug-likeness (QED) is 0.674. The third-order valence-electron chi connectivity index (χ3n) is 3.03. The SMILES string of the molecule is CC(CCNC(=O)c1ccc(Cl)c(N)c1)CCC(=O)O. The first-order valence-corrected chi connectivity index (χ1v) is 6.83. The first-order chi connectivity index (χ1) is 9.40. The largest absolute Gasteiger partial charge is 0.481 e. The van der Waals surface area contributed by atoms with E-state index in [2.05, 4.69) is 5.32 Å². The first kappa shape index (κ1) is 16.3. The molecule has 0 saturated heterocycles. The molecule has 1 atom stereocenters. The van der Waals surface area contributed by atoms with Crippen molar-refractivity contribution < 1.29 is 14.7 Å². The van der Waals surface area contributed by atoms with Crippen molar-refractivity contribution in [3.8, 4) is 0 Å². The molecule has 20 heavy (non-hydrogen) atoms. The molecule has 1 rings (SSSR count). The predicted molar refractivity (Wildman–Crippen MR) is 78.8 cm³/mol. The van der Waals surface area contributed by atoms with Crippen LogP contribution < -0.4 is 11.1 Å². The van der Waals surface area contributed by atoms with Gasteiger partial charge in [0.1, 0.15) is 0 Å². The summed E-state index contributed by atoms with van der Waals surface area (Å²) in [6.45, 7) is 2.47. The lowest BCUT2D eigenvalue weighted by Gasteiger charge is -2.11. The number of hydrogen-bond donors (Lipinski definition) is 3. The number of nitrogen functional groups attached to an aromatic ring is 1. The van der Waals surface area contributed by atoms with Crippen molar-refractivity contribution in [3.05, 3.63) is 28.8 Å². The molecular formula is C14H19ClN2O3. The van der Waals surface area contributed by atoms with Crippen LogP contribution in [0.2, 0.25) is 5.02 Å². The summed E-state index contributed by atoms with van der Waals surface area (Å²) in [6, 6.07) is 4.73. The van der Waals surface area contributed by atoms with E-state index >= 15 is 0 Å². The van der Waals surface area contributed by atoms with Crippen LogP contribution in [-0.2, 0) is 4.79 Å². The molecule has 0 aliphatic rings. The van der Waals surface area contributed by atoms with Gasteiger partial charge in [0, 0.05) is 18.5 Å². The van der Waals surface area contributed by atoms with Crippen molar-refractivity contribution in [2.24, 2.45) is 5.92 Å². The van der Waals surface area contributed by atoms with E-state index in [4.69, 9.17) is 22.4 Å². The molecule has 0 radical (unpaired) electrons. The fourth-order valence-electron chi connectivity index (χ4n) is 1.73. The Morgan fingerprint density at radius 2 is 2.10 bits per heavy atom. The number of carbonyl (C=O) groups is 2. The molecule has 0 fully saturated rings. The van der Waals surface area contributed by atoms with Crippen molar-refractivity contribution in [2.75, 3.05) is 12.3 Å². The monoisotopic (exact) mass is 298 g/mol. The maximum absolute atomic E-state index is 11.9. The molecule has 0 aliphatic heterocycles. The molecule has 0 saturated carbocycles. The van der Waals surface area contributed by atoms with Gasteiger partial charge in [0.15, 0.2) is 0 Å². The van der Waals surface area contributed by atoms with Crippen LogP contribution in [0.3, 0.4) is 0 Å². The van der Waals surface area contributed by atoms with Crippen LogP contribution in [0.4, 0.5) is 5.69 Å². The highest BCUT2D eigenvalue weighted by molar-refractivity contribution is 6.33. The van der Waals surface area contributed by atoms with Gasteiger partial charge in [-0.15, -0.1) is 0 Å². The molecule has 0 heterocycles. The average Bonchev–Trinajstić information content (AvgIpc) is 2.39. The Morgan fingerprint density at radius 1 is 1.40 bits per heavy atom. The second kappa shape index (κ2) is 7.75. The highest BCUT2D eigenvalue weighted by Crippen LogP contribution is 2.19. The van der Waals surface area contributed by atoms with Gasteiger partial charge in [0.05, 0.1) is 10.7 Å². The fourth-order valence-corrected chi connectivity index (χ4v) is 1.85. The van der Waals surface area contributed by atoms with Crippen LogP contribution in [0.25, 0.3) is 0 Å². The van der Waals surface area contributed by atoms with Gasteiger partial charge in [-0.2, -0.15) is 0 Å². The number of amides is 1. The number of benzene rings is 1. The maximum atomic E-state index is 11.9. The highest BCUT2D eigenvalue weighted by Gasteiger charge is 2.09. The number of carboxylic acid groups (broad SMARTS) is 1. The third kappa shape index (κ3) is 5.48. The smallest absolute Gasteiger partial charge is 0.303 e. The Morgan fingerprint density at radius 3 is 2.70 bits per heavy atom. The molecule has 0 spiro atoms. The summed E-state index contributed by atoms with van der Waals surface area (Å²) in [4.78, 5) is 22.3. The van der Waals surface area contributed by atoms with E-state index < -0.39 is 5.97 Å². The number of hydrogen-bond acceptors (Lipinski definition) is 3. The number of anilines is 1. The Bertz CT molecular complexity index is 491. The molecular weight excluding hydrogens is 280 g/mol. The molecule has 4 N–H and O–H groups in total. The van der Waals surface area contributed by atoms with Crippen LogP contribution in [0.5, 0.6) is 0 Å².